The molecule has 0 saturated heterocycles. The van der Waals surface area contributed by atoms with Crippen molar-refractivity contribution in [2.45, 2.75) is 63.1 Å². The molecule has 2 unspecified atom stereocenters. The summed E-state index contributed by atoms with van der Waals surface area (Å²) >= 11 is 0. The van der Waals surface area contributed by atoms with E-state index in [0.29, 0.717) is 12.0 Å². The van der Waals surface area contributed by atoms with Crippen LogP contribution in [0.2, 0.25) is 0 Å². The fourth-order valence-corrected chi connectivity index (χ4v) is 5.00. The summed E-state index contributed by atoms with van der Waals surface area (Å²) in [5.41, 5.74) is 1.66. The third-order valence-electron chi connectivity index (χ3n) is 6.70. The summed E-state index contributed by atoms with van der Waals surface area (Å²) in [5, 5.41) is 3.70. The molecule has 0 aliphatic heterocycles. The number of rotatable bonds is 9. The molecule has 34 heavy (non-hydrogen) atoms. The van der Waals surface area contributed by atoms with Crippen LogP contribution >= 0.6 is 0 Å². The van der Waals surface area contributed by atoms with Crippen molar-refractivity contribution in [2.75, 3.05) is 0 Å². The Labute approximate surface area is 202 Å². The lowest BCUT2D eigenvalue weighted by atomic mass is 9.76. The van der Waals surface area contributed by atoms with Gasteiger partial charge in [0.25, 0.3) is 0 Å². The van der Waals surface area contributed by atoms with E-state index in [0.717, 1.165) is 43.2 Å². The van der Waals surface area contributed by atoms with E-state index in [2.05, 4.69) is 12.2 Å². The van der Waals surface area contributed by atoms with E-state index in [1.54, 1.807) is 12.1 Å². The highest BCUT2D eigenvalue weighted by Gasteiger charge is 2.41. The van der Waals surface area contributed by atoms with Crippen molar-refractivity contribution in [1.82, 2.24) is 5.32 Å². The molecule has 4 nitrogen and oxygen atoms in total. The molecule has 0 spiro atoms. The molecule has 3 aromatic carbocycles. The fraction of sp³-hybridized carbons (Fsp3) is 0.333. The molecule has 0 aromatic heterocycles. The van der Waals surface area contributed by atoms with Crippen molar-refractivity contribution in [1.29, 1.82) is 0 Å². The van der Waals surface area contributed by atoms with E-state index in [1.807, 2.05) is 78.9 Å². The molecule has 0 radical (unpaired) electrons. The number of Topliss-reactive ketones (excluding diaryl/α,β-unsaturated/α-hetero) is 1. The number of ketones is 1. The minimum absolute atomic E-state index is 0.0282. The number of carbonyl (C=O) groups excluding carboxylic acids is 2. The molecule has 4 heteroatoms. The predicted molar refractivity (Wildman–Crippen MR) is 135 cm³/mol. The Morgan fingerprint density at radius 3 is 1.91 bits per heavy atom. The van der Waals surface area contributed by atoms with Gasteiger partial charge in [-0.3, -0.25) is 4.79 Å². The Hall–Kier alpha value is -3.24. The molecule has 4 rings (SSSR count). The molecule has 1 saturated carbocycles. The highest BCUT2D eigenvalue weighted by molar-refractivity contribution is 6.03. The maximum absolute atomic E-state index is 13.6. The summed E-state index contributed by atoms with van der Waals surface area (Å²) in [5.74, 6) is -0.174. The lowest BCUT2D eigenvalue weighted by Crippen LogP contribution is -2.56. The van der Waals surface area contributed by atoms with Gasteiger partial charge in [-0.1, -0.05) is 98.1 Å². The second kappa shape index (κ2) is 11.3. The molecule has 1 aliphatic carbocycles. The third-order valence-corrected chi connectivity index (χ3v) is 6.70. The molecule has 1 aliphatic rings. The van der Waals surface area contributed by atoms with E-state index in [9.17, 15) is 9.59 Å². The van der Waals surface area contributed by atoms with Gasteiger partial charge in [0.15, 0.2) is 5.78 Å². The van der Waals surface area contributed by atoms with Crippen LogP contribution in [0.15, 0.2) is 91.0 Å². The van der Waals surface area contributed by atoms with Gasteiger partial charge in [0.05, 0.1) is 11.1 Å². The number of hydrogen-bond acceptors (Lipinski definition) is 4. The lowest BCUT2D eigenvalue weighted by molar-refractivity contribution is 0.0240. The summed E-state index contributed by atoms with van der Waals surface area (Å²) in [7, 11) is 0. The average Bonchev–Trinajstić information content (AvgIpc) is 2.90. The van der Waals surface area contributed by atoms with Crippen LogP contribution in [0.1, 0.15) is 77.8 Å². The topological polar surface area (TPSA) is 55.4 Å². The Kier molecular flexibility index (Phi) is 7.91. The van der Waals surface area contributed by atoms with Crippen molar-refractivity contribution in [2.24, 2.45) is 0 Å². The predicted octanol–water partition coefficient (Wildman–Crippen LogP) is 6.54. The smallest absolute Gasteiger partial charge is 0.338 e. The zero-order valence-corrected chi connectivity index (χ0v) is 19.8. The van der Waals surface area contributed by atoms with E-state index in [-0.39, 0.29) is 17.8 Å². The van der Waals surface area contributed by atoms with Crippen LogP contribution in [0.4, 0.5) is 0 Å². The maximum Gasteiger partial charge on any atom is 0.338 e. The first kappa shape index (κ1) is 23.9. The van der Waals surface area contributed by atoms with Crippen LogP contribution in [0, 0.1) is 0 Å². The van der Waals surface area contributed by atoms with Crippen LogP contribution in [0.25, 0.3) is 0 Å². The van der Waals surface area contributed by atoms with Crippen molar-refractivity contribution in [3.63, 3.8) is 0 Å². The van der Waals surface area contributed by atoms with E-state index in [1.165, 1.54) is 0 Å². The lowest BCUT2D eigenvalue weighted by Gasteiger charge is -2.40. The minimum atomic E-state index is -0.580. The summed E-state index contributed by atoms with van der Waals surface area (Å²) in [6.45, 7) is 2.08. The molecular weight excluding hydrogens is 422 g/mol. The number of nitrogens with one attached hydrogen (secondary N) is 1. The summed E-state index contributed by atoms with van der Waals surface area (Å²) in [6, 6.07) is 28.5. The standard InChI is InChI=1S/C30H33NO3/c1-23(31-30(20-12-5-13-21-30)28(32)25-16-8-3-9-17-25)22-27(24-14-6-2-7-15-24)34-29(33)26-18-10-4-11-19-26/h2-4,6-11,14-19,23,27,31H,5,12-13,20-22H2,1H3. The molecular formula is C30H33NO3. The Morgan fingerprint density at radius 2 is 1.32 bits per heavy atom. The highest BCUT2D eigenvalue weighted by atomic mass is 16.5. The number of carbonyl (C=O) groups is 2. The van der Waals surface area contributed by atoms with Crippen molar-refractivity contribution in [3.8, 4) is 0 Å². The van der Waals surface area contributed by atoms with E-state index in [4.69, 9.17) is 4.74 Å². The quantitative estimate of drug-likeness (QED) is 0.294. The van der Waals surface area contributed by atoms with Gasteiger partial charge in [-0.05, 0) is 37.5 Å². The normalized spacial score (nSPS) is 16.9. The van der Waals surface area contributed by atoms with Crippen LogP contribution < -0.4 is 5.32 Å². The maximum atomic E-state index is 13.6. The zero-order valence-electron chi connectivity index (χ0n) is 19.8. The summed E-state index contributed by atoms with van der Waals surface area (Å²) < 4.78 is 6.00. The molecule has 1 N–H and O–H groups in total. The monoisotopic (exact) mass is 455 g/mol. The van der Waals surface area contributed by atoms with Gasteiger partial charge in [-0.2, -0.15) is 0 Å². The Bertz CT molecular complexity index is 1060. The largest absolute Gasteiger partial charge is 0.454 e. The number of benzene rings is 3. The first-order valence-corrected chi connectivity index (χ1v) is 12.3. The van der Waals surface area contributed by atoms with E-state index >= 15 is 0 Å². The zero-order chi connectivity index (χ0) is 23.8. The van der Waals surface area contributed by atoms with Gasteiger partial charge < -0.3 is 10.1 Å². The summed E-state index contributed by atoms with van der Waals surface area (Å²) in [4.78, 5) is 26.5. The van der Waals surface area contributed by atoms with Crippen LogP contribution in [-0.4, -0.2) is 23.3 Å². The molecule has 2 atom stereocenters. The van der Waals surface area contributed by atoms with Gasteiger partial charge in [-0.15, -0.1) is 0 Å². The molecule has 0 bridgehead atoms. The van der Waals surface area contributed by atoms with Crippen LogP contribution in [-0.2, 0) is 4.74 Å². The highest BCUT2D eigenvalue weighted by Crippen LogP contribution is 2.33. The van der Waals surface area contributed by atoms with Crippen LogP contribution in [0.5, 0.6) is 0 Å². The van der Waals surface area contributed by atoms with Gasteiger partial charge in [0.2, 0.25) is 0 Å². The van der Waals surface area contributed by atoms with Crippen LogP contribution in [0.3, 0.4) is 0 Å². The molecule has 1 fully saturated rings. The molecule has 3 aromatic rings. The number of ether oxygens (including phenoxy) is 1. The first-order chi connectivity index (χ1) is 16.6. The average molecular weight is 456 g/mol. The van der Waals surface area contributed by atoms with E-state index < -0.39 is 11.6 Å². The Morgan fingerprint density at radius 1 is 0.794 bits per heavy atom. The molecule has 0 heterocycles. The fourth-order valence-electron chi connectivity index (χ4n) is 5.00. The van der Waals surface area contributed by atoms with Crippen molar-refractivity contribution < 1.29 is 14.3 Å². The van der Waals surface area contributed by atoms with Gasteiger partial charge in [0, 0.05) is 18.0 Å². The second-order valence-electron chi connectivity index (χ2n) is 9.29. The minimum Gasteiger partial charge on any atom is -0.454 e. The molecule has 176 valence electrons. The second-order valence-corrected chi connectivity index (χ2v) is 9.29. The SMILES string of the molecule is CC(CC(OC(=O)c1ccccc1)c1ccccc1)NC1(C(=O)c2ccccc2)CCCCC1. The van der Waals surface area contributed by atoms with Gasteiger partial charge in [0.1, 0.15) is 6.10 Å². The third kappa shape index (κ3) is 5.81. The Balaban J connectivity index is 1.53. The van der Waals surface area contributed by atoms with Crippen molar-refractivity contribution in [3.05, 3.63) is 108 Å². The molecule has 0 amide bonds. The first-order valence-electron chi connectivity index (χ1n) is 12.3. The number of hydrogen-bond donors (Lipinski definition) is 1. The van der Waals surface area contributed by atoms with Gasteiger partial charge >= 0.3 is 5.97 Å². The number of esters is 1. The summed E-state index contributed by atoms with van der Waals surface area (Å²) in [6.07, 6.45) is 5.03. The van der Waals surface area contributed by atoms with Gasteiger partial charge in [-0.25, -0.2) is 4.79 Å². The van der Waals surface area contributed by atoms with Crippen molar-refractivity contribution >= 4 is 11.8 Å².